The zero-order valence-corrected chi connectivity index (χ0v) is 26.6. The number of benzene rings is 4. The molecule has 0 bridgehead atoms. The van der Waals surface area contributed by atoms with Crippen LogP contribution in [0.25, 0.3) is 10.8 Å². The molecule has 1 aromatic heterocycles. The second kappa shape index (κ2) is 12.5. The van der Waals surface area contributed by atoms with Crippen molar-refractivity contribution in [2.45, 2.75) is 23.1 Å². The Morgan fingerprint density at radius 1 is 0.894 bits per heavy atom. The number of hydrogen-bond acceptors (Lipinski definition) is 9. The number of esters is 1. The first-order valence-corrected chi connectivity index (χ1v) is 16.6. The predicted octanol–water partition coefficient (Wildman–Crippen LogP) is 5.58. The van der Waals surface area contributed by atoms with E-state index in [2.05, 4.69) is 10.3 Å². The molecule has 0 saturated carbocycles. The third-order valence-corrected chi connectivity index (χ3v) is 10.5. The topological polar surface area (TPSA) is 135 Å². The fourth-order valence-electron chi connectivity index (χ4n) is 6.10. The Hall–Kier alpha value is -5.20. The van der Waals surface area contributed by atoms with Crippen molar-refractivity contribution >= 4 is 68.9 Å². The lowest BCUT2D eigenvalue weighted by Crippen LogP contribution is -2.32. The van der Waals surface area contributed by atoms with Crippen LogP contribution in [-0.2, 0) is 19.1 Å². The van der Waals surface area contributed by atoms with Gasteiger partial charge in [0.25, 0.3) is 5.91 Å². The first-order chi connectivity index (χ1) is 22.8. The van der Waals surface area contributed by atoms with Crippen molar-refractivity contribution in [3.05, 3.63) is 117 Å². The van der Waals surface area contributed by atoms with Gasteiger partial charge in [-0.05, 0) is 48.7 Å². The molecule has 3 heterocycles. The Morgan fingerprint density at radius 3 is 2.45 bits per heavy atom. The average Bonchev–Trinajstić information content (AvgIpc) is 3.58. The smallest absolute Gasteiger partial charge is 0.338 e. The molecule has 2 unspecified atom stereocenters. The number of anilines is 2. The van der Waals surface area contributed by atoms with Crippen LogP contribution in [-0.4, -0.2) is 47.1 Å². The highest BCUT2D eigenvalue weighted by Gasteiger charge is 2.56. The fraction of sp³-hybridized carbons (Fsp3) is 0.171. The zero-order valence-electron chi connectivity index (χ0n) is 24.9. The van der Waals surface area contributed by atoms with Crippen molar-refractivity contribution in [2.75, 3.05) is 23.4 Å². The van der Waals surface area contributed by atoms with Gasteiger partial charge in [0.15, 0.2) is 6.61 Å². The molecule has 2 aliphatic heterocycles. The molecule has 1 fully saturated rings. The summed E-state index contributed by atoms with van der Waals surface area (Å²) in [7, 11) is 0. The number of aromatic nitrogens is 1. The lowest BCUT2D eigenvalue weighted by Gasteiger charge is -2.30. The van der Waals surface area contributed by atoms with E-state index in [1.54, 1.807) is 43.3 Å². The minimum Gasteiger partial charge on any atom is -0.483 e. The summed E-state index contributed by atoms with van der Waals surface area (Å²) in [5.41, 5.74) is 1.87. The Balaban J connectivity index is 1.18. The summed E-state index contributed by atoms with van der Waals surface area (Å²) in [6.45, 7) is 1.62. The van der Waals surface area contributed by atoms with Crippen molar-refractivity contribution < 1.29 is 28.7 Å². The average molecular weight is 666 g/mol. The third-order valence-electron chi connectivity index (χ3n) is 8.14. The number of para-hydroxylation sites is 1. The molecule has 0 aliphatic carbocycles. The molecule has 5 aromatic rings. The highest BCUT2D eigenvalue weighted by Crippen LogP contribution is 2.54. The van der Waals surface area contributed by atoms with E-state index in [1.165, 1.54) is 12.1 Å². The Bertz CT molecular complexity index is 2100. The summed E-state index contributed by atoms with van der Waals surface area (Å²) >= 11 is 2.15. The van der Waals surface area contributed by atoms with Crippen molar-refractivity contribution in [1.29, 1.82) is 0 Å². The molecule has 47 heavy (non-hydrogen) atoms. The van der Waals surface area contributed by atoms with Gasteiger partial charge in [0.05, 0.1) is 28.8 Å². The van der Waals surface area contributed by atoms with E-state index in [0.717, 1.165) is 38.8 Å². The van der Waals surface area contributed by atoms with Crippen LogP contribution in [0.4, 0.5) is 11.4 Å². The first-order valence-electron chi connectivity index (χ1n) is 14.9. The van der Waals surface area contributed by atoms with Gasteiger partial charge in [0.2, 0.25) is 11.8 Å². The van der Waals surface area contributed by atoms with Crippen LogP contribution >= 0.6 is 23.1 Å². The predicted molar refractivity (Wildman–Crippen MR) is 179 cm³/mol. The second-order valence-electron chi connectivity index (χ2n) is 10.9. The molecule has 10 nitrogen and oxygen atoms in total. The van der Waals surface area contributed by atoms with E-state index >= 15 is 0 Å². The molecular formula is C35H27N3O7S2. The minimum absolute atomic E-state index is 0.220. The maximum Gasteiger partial charge on any atom is 0.338 e. The number of aromatic amines is 1. The number of nitrogens with one attached hydrogen (secondary N) is 2. The van der Waals surface area contributed by atoms with Gasteiger partial charge in [0.1, 0.15) is 11.0 Å². The summed E-state index contributed by atoms with van der Waals surface area (Å²) in [4.78, 5) is 70.1. The standard InChI is InChI=1S/C35H27N3O7S2/c1-2-44-34(42)20-14-16-21(17-15-20)38-32(40)28-27(29-31(37-35(43)47-29)46-30(28)33(38)41)23-11-5-6-13-25(23)45-18-26(39)36-24-12-7-9-19-8-3-4-10-22(19)24/h3-17,27-28,30H,2,18H2,1H3,(H,36,39)(H,37,43)/t27-,28?,30?/m1/s1. The monoisotopic (exact) mass is 665 g/mol. The third kappa shape index (κ3) is 5.59. The Labute approximate surface area is 276 Å². The van der Waals surface area contributed by atoms with Gasteiger partial charge < -0.3 is 19.8 Å². The lowest BCUT2D eigenvalue weighted by atomic mass is 9.82. The molecule has 0 spiro atoms. The van der Waals surface area contributed by atoms with Gasteiger partial charge in [-0.2, -0.15) is 0 Å². The van der Waals surface area contributed by atoms with Crippen molar-refractivity contribution in [3.8, 4) is 5.75 Å². The molecule has 3 atom stereocenters. The Morgan fingerprint density at radius 2 is 1.64 bits per heavy atom. The van der Waals surface area contributed by atoms with E-state index in [0.29, 0.717) is 38.2 Å². The largest absolute Gasteiger partial charge is 0.483 e. The zero-order chi connectivity index (χ0) is 32.7. The van der Waals surface area contributed by atoms with Crippen LogP contribution < -0.4 is 19.8 Å². The summed E-state index contributed by atoms with van der Waals surface area (Å²) < 4.78 is 11.1. The molecule has 1 saturated heterocycles. The number of thiazole rings is 1. The normalized spacial score (nSPS) is 18.5. The maximum atomic E-state index is 14.2. The van der Waals surface area contributed by atoms with Crippen LogP contribution in [0.5, 0.6) is 5.75 Å². The number of amides is 3. The van der Waals surface area contributed by atoms with E-state index in [4.69, 9.17) is 9.47 Å². The molecule has 4 aromatic carbocycles. The van der Waals surface area contributed by atoms with Crippen LogP contribution in [0.1, 0.15) is 33.6 Å². The molecule has 2 N–H and O–H groups in total. The number of imide groups is 1. The maximum absolute atomic E-state index is 14.2. The second-order valence-corrected chi connectivity index (χ2v) is 13.1. The summed E-state index contributed by atoms with van der Waals surface area (Å²) in [6, 6.07) is 26.5. The molecule has 7 rings (SSSR count). The van der Waals surface area contributed by atoms with Crippen molar-refractivity contribution in [1.82, 2.24) is 4.98 Å². The van der Waals surface area contributed by atoms with Crippen molar-refractivity contribution in [2.24, 2.45) is 5.92 Å². The van der Waals surface area contributed by atoms with Gasteiger partial charge in [-0.15, -0.1) is 0 Å². The van der Waals surface area contributed by atoms with Crippen LogP contribution in [0.15, 0.2) is 101 Å². The van der Waals surface area contributed by atoms with Gasteiger partial charge in [-0.1, -0.05) is 77.7 Å². The summed E-state index contributed by atoms with van der Waals surface area (Å²) in [5, 5.41) is 4.51. The first kappa shape index (κ1) is 30.5. The van der Waals surface area contributed by atoms with Gasteiger partial charge in [-0.3, -0.25) is 19.2 Å². The number of carbonyl (C=O) groups excluding carboxylic acids is 4. The van der Waals surface area contributed by atoms with Crippen LogP contribution in [0.3, 0.4) is 0 Å². The van der Waals surface area contributed by atoms with Gasteiger partial charge in [0, 0.05) is 27.4 Å². The highest BCUT2D eigenvalue weighted by molar-refractivity contribution is 8.00. The quantitative estimate of drug-likeness (QED) is 0.162. The molecular weight excluding hydrogens is 639 g/mol. The SMILES string of the molecule is CCOC(=O)c1ccc(N2C(=O)C3Sc4[nH]c(=O)sc4[C@H](c4ccccc4OCC(=O)Nc4cccc5ccccc45)C3C2=O)cc1. The number of thioether (sulfide) groups is 1. The van der Waals surface area contributed by atoms with E-state index < -0.39 is 34.9 Å². The molecule has 236 valence electrons. The molecule has 12 heteroatoms. The number of hydrogen-bond donors (Lipinski definition) is 2. The summed E-state index contributed by atoms with van der Waals surface area (Å²) in [6.07, 6.45) is 0. The fourth-order valence-corrected chi connectivity index (χ4v) is 8.61. The summed E-state index contributed by atoms with van der Waals surface area (Å²) in [5.74, 6) is -2.92. The van der Waals surface area contributed by atoms with Crippen LogP contribution in [0, 0.1) is 5.92 Å². The lowest BCUT2D eigenvalue weighted by molar-refractivity contribution is -0.122. The number of nitrogens with zero attached hydrogens (tertiary/aromatic N) is 1. The number of fused-ring (bicyclic) bond motifs is 3. The molecule has 2 aliphatic rings. The highest BCUT2D eigenvalue weighted by atomic mass is 32.2. The van der Waals surface area contributed by atoms with Crippen LogP contribution in [0.2, 0.25) is 0 Å². The van der Waals surface area contributed by atoms with E-state index in [-0.39, 0.29) is 24.0 Å². The van der Waals surface area contributed by atoms with Crippen molar-refractivity contribution in [3.63, 3.8) is 0 Å². The number of carbonyl (C=O) groups is 4. The molecule has 3 amide bonds. The number of H-pyrrole nitrogens is 1. The van der Waals surface area contributed by atoms with Gasteiger partial charge in [-0.25, -0.2) is 9.69 Å². The van der Waals surface area contributed by atoms with Gasteiger partial charge >= 0.3 is 10.8 Å². The number of ether oxygens (including phenoxy) is 2. The number of rotatable bonds is 8. The van der Waals surface area contributed by atoms with E-state index in [9.17, 15) is 24.0 Å². The minimum atomic E-state index is -0.856. The van der Waals surface area contributed by atoms with E-state index in [1.807, 2.05) is 42.5 Å². The Kier molecular flexibility index (Phi) is 8.12. The molecule has 0 radical (unpaired) electrons.